The molecule has 0 aromatic rings. The summed E-state index contributed by atoms with van der Waals surface area (Å²) in [5.74, 6) is 0. The van der Waals surface area contributed by atoms with Crippen LogP contribution in [0.2, 0.25) is 0 Å². The van der Waals surface area contributed by atoms with E-state index in [9.17, 15) is 10.2 Å². The second-order valence-corrected chi connectivity index (χ2v) is 2.69. The van der Waals surface area contributed by atoms with Crippen molar-refractivity contribution >= 4 is 0 Å². The number of methoxy groups -OCH3 is 1. The van der Waals surface area contributed by atoms with Crippen LogP contribution < -0.4 is 0 Å². The van der Waals surface area contributed by atoms with Crippen molar-refractivity contribution in [1.29, 1.82) is 0 Å². The van der Waals surface area contributed by atoms with Gasteiger partial charge in [-0.05, 0) is 5.53 Å². The lowest BCUT2D eigenvalue weighted by Crippen LogP contribution is -2.52. The van der Waals surface area contributed by atoms with Gasteiger partial charge in [0.1, 0.15) is 6.10 Å². The van der Waals surface area contributed by atoms with Crippen molar-refractivity contribution in [3.05, 3.63) is 10.4 Å². The maximum Gasteiger partial charge on any atom is 0.185 e. The predicted octanol–water partition coefficient (Wildman–Crippen LogP) is -0.610. The molecule has 1 aliphatic rings. The quantitative estimate of drug-likeness (QED) is 0.343. The lowest BCUT2D eigenvalue weighted by molar-refractivity contribution is -0.237. The van der Waals surface area contributed by atoms with Crippen molar-refractivity contribution in [2.75, 3.05) is 13.7 Å². The number of nitrogens with zero attached hydrogens (tertiary/aromatic N) is 3. The van der Waals surface area contributed by atoms with Gasteiger partial charge < -0.3 is 19.7 Å². The molecule has 1 saturated heterocycles. The minimum Gasteiger partial charge on any atom is -0.390 e. The maximum absolute atomic E-state index is 9.40. The summed E-state index contributed by atoms with van der Waals surface area (Å²) in [6, 6.07) is -0.758. The number of ether oxygens (including phenoxy) is 2. The van der Waals surface area contributed by atoms with Crippen LogP contribution >= 0.6 is 0 Å². The molecular formula is C6H11N3O4. The van der Waals surface area contributed by atoms with Gasteiger partial charge >= 0.3 is 0 Å². The molecule has 7 heteroatoms. The second-order valence-electron chi connectivity index (χ2n) is 2.69. The summed E-state index contributed by atoms with van der Waals surface area (Å²) < 4.78 is 9.71. The highest BCUT2D eigenvalue weighted by Gasteiger charge is 2.37. The van der Waals surface area contributed by atoms with Crippen molar-refractivity contribution in [1.82, 2.24) is 0 Å². The highest BCUT2D eigenvalue weighted by Crippen LogP contribution is 2.18. The van der Waals surface area contributed by atoms with E-state index in [1.54, 1.807) is 0 Å². The summed E-state index contributed by atoms with van der Waals surface area (Å²) in [7, 11) is 1.36. The monoisotopic (exact) mass is 189 g/mol. The van der Waals surface area contributed by atoms with E-state index in [4.69, 9.17) is 15.0 Å². The zero-order valence-corrected chi connectivity index (χ0v) is 7.07. The molecule has 13 heavy (non-hydrogen) atoms. The zero-order chi connectivity index (χ0) is 9.84. The molecule has 0 radical (unpaired) electrons. The molecule has 0 aliphatic carbocycles. The zero-order valence-electron chi connectivity index (χ0n) is 7.07. The van der Waals surface area contributed by atoms with Gasteiger partial charge in [-0.1, -0.05) is 5.11 Å². The third-order valence-electron chi connectivity index (χ3n) is 1.89. The molecule has 4 atom stereocenters. The predicted molar refractivity (Wildman–Crippen MR) is 41.7 cm³/mol. The van der Waals surface area contributed by atoms with Crippen molar-refractivity contribution < 1.29 is 19.7 Å². The van der Waals surface area contributed by atoms with Gasteiger partial charge in [-0.15, -0.1) is 0 Å². The van der Waals surface area contributed by atoms with Crippen molar-refractivity contribution in [3.8, 4) is 0 Å². The maximum atomic E-state index is 9.40. The molecule has 0 unspecified atom stereocenters. The lowest BCUT2D eigenvalue weighted by Gasteiger charge is -2.34. The third kappa shape index (κ3) is 2.09. The van der Waals surface area contributed by atoms with E-state index in [2.05, 4.69) is 10.0 Å². The first kappa shape index (κ1) is 10.2. The van der Waals surface area contributed by atoms with E-state index in [0.29, 0.717) is 0 Å². The highest BCUT2D eigenvalue weighted by atomic mass is 16.7. The molecular weight excluding hydrogens is 178 g/mol. The lowest BCUT2D eigenvalue weighted by atomic mass is 10.0. The Morgan fingerprint density at radius 1 is 1.54 bits per heavy atom. The molecule has 1 fully saturated rings. The Bertz CT molecular complexity index is 218. The second kappa shape index (κ2) is 4.40. The fourth-order valence-corrected chi connectivity index (χ4v) is 1.15. The molecule has 7 nitrogen and oxygen atoms in total. The van der Waals surface area contributed by atoms with Crippen LogP contribution in [0.3, 0.4) is 0 Å². The SMILES string of the molecule is CO[C@H]1OC[C@H](N=[N+]=[N-])[C@@H](O)[C@@H]1O. The van der Waals surface area contributed by atoms with Gasteiger partial charge in [-0.3, -0.25) is 0 Å². The summed E-state index contributed by atoms with van der Waals surface area (Å²) >= 11 is 0. The number of aliphatic hydroxyl groups is 2. The average Bonchev–Trinajstić information content (AvgIpc) is 2.14. The van der Waals surface area contributed by atoms with E-state index in [1.165, 1.54) is 7.11 Å². The van der Waals surface area contributed by atoms with Gasteiger partial charge in [0.25, 0.3) is 0 Å². The van der Waals surface area contributed by atoms with E-state index in [0.717, 1.165) is 0 Å². The normalized spacial score (nSPS) is 39.6. The van der Waals surface area contributed by atoms with Crippen LogP contribution in [-0.2, 0) is 9.47 Å². The highest BCUT2D eigenvalue weighted by molar-refractivity contribution is 4.87. The first-order valence-electron chi connectivity index (χ1n) is 3.75. The minimum absolute atomic E-state index is 0.0425. The summed E-state index contributed by atoms with van der Waals surface area (Å²) in [6.45, 7) is 0.0425. The number of aliphatic hydroxyl groups excluding tert-OH is 2. The fraction of sp³-hybridized carbons (Fsp3) is 1.00. The van der Waals surface area contributed by atoms with E-state index < -0.39 is 24.5 Å². The molecule has 74 valence electrons. The Morgan fingerprint density at radius 3 is 2.77 bits per heavy atom. The Balaban J connectivity index is 2.63. The van der Waals surface area contributed by atoms with Crippen LogP contribution in [0.15, 0.2) is 5.11 Å². The van der Waals surface area contributed by atoms with Gasteiger partial charge in [-0.2, -0.15) is 0 Å². The van der Waals surface area contributed by atoms with Gasteiger partial charge in [0, 0.05) is 12.0 Å². The van der Waals surface area contributed by atoms with Crippen molar-refractivity contribution in [3.63, 3.8) is 0 Å². The molecule has 1 aliphatic heterocycles. The molecule has 0 bridgehead atoms. The smallest absolute Gasteiger partial charge is 0.185 e. The Hall–Kier alpha value is -0.850. The minimum atomic E-state index is -1.19. The topological polar surface area (TPSA) is 108 Å². The number of rotatable bonds is 2. The number of azide groups is 1. The molecule has 0 saturated carbocycles. The molecule has 2 N–H and O–H groups in total. The Kier molecular flexibility index (Phi) is 3.47. The van der Waals surface area contributed by atoms with Crippen LogP contribution in [0.25, 0.3) is 10.4 Å². The van der Waals surface area contributed by atoms with Gasteiger partial charge in [-0.25, -0.2) is 0 Å². The van der Waals surface area contributed by atoms with E-state index >= 15 is 0 Å². The van der Waals surface area contributed by atoms with E-state index in [1.807, 2.05) is 0 Å². The third-order valence-corrected chi connectivity index (χ3v) is 1.89. The Labute approximate surface area is 74.5 Å². The van der Waals surface area contributed by atoms with Crippen molar-refractivity contribution in [2.45, 2.75) is 24.5 Å². The summed E-state index contributed by atoms with van der Waals surface area (Å²) in [5, 5.41) is 22.0. The largest absolute Gasteiger partial charge is 0.390 e. The summed E-state index contributed by atoms with van der Waals surface area (Å²) in [5.41, 5.74) is 8.12. The first-order chi connectivity index (χ1) is 6.20. The van der Waals surface area contributed by atoms with Gasteiger partial charge in [0.05, 0.1) is 18.8 Å². The summed E-state index contributed by atoms with van der Waals surface area (Å²) in [6.07, 6.45) is -3.19. The molecule has 1 heterocycles. The average molecular weight is 189 g/mol. The molecule has 1 rings (SSSR count). The van der Waals surface area contributed by atoms with Crippen LogP contribution in [0.4, 0.5) is 0 Å². The van der Waals surface area contributed by atoms with Crippen molar-refractivity contribution in [2.24, 2.45) is 5.11 Å². The van der Waals surface area contributed by atoms with Gasteiger partial charge in [0.15, 0.2) is 6.29 Å². The molecule has 0 aromatic heterocycles. The molecule has 0 spiro atoms. The van der Waals surface area contributed by atoms with Crippen LogP contribution in [0.1, 0.15) is 0 Å². The standard InChI is InChI=1S/C6H11N3O4/c1-12-6-5(11)4(10)3(2-13-6)8-9-7/h3-6,10-11H,2H2,1H3/t3-,4+,5-,6-/m0/s1. The number of hydrogen-bond acceptors (Lipinski definition) is 5. The molecule has 0 aromatic carbocycles. The van der Waals surface area contributed by atoms with Gasteiger partial charge in [0.2, 0.25) is 0 Å². The first-order valence-corrected chi connectivity index (χ1v) is 3.75. The number of hydrogen-bond donors (Lipinski definition) is 2. The van der Waals surface area contributed by atoms with Crippen LogP contribution in [-0.4, -0.2) is 48.5 Å². The fourth-order valence-electron chi connectivity index (χ4n) is 1.15. The van der Waals surface area contributed by atoms with Crippen LogP contribution in [0.5, 0.6) is 0 Å². The Morgan fingerprint density at radius 2 is 2.23 bits per heavy atom. The van der Waals surface area contributed by atoms with E-state index in [-0.39, 0.29) is 6.61 Å². The van der Waals surface area contributed by atoms with Crippen LogP contribution in [0, 0.1) is 0 Å². The molecule has 0 amide bonds. The summed E-state index contributed by atoms with van der Waals surface area (Å²) in [4.78, 5) is 2.53.